The van der Waals surface area contributed by atoms with Crippen LogP contribution in [0.15, 0.2) is 0 Å². The third-order valence-corrected chi connectivity index (χ3v) is 5.51. The van der Waals surface area contributed by atoms with E-state index in [0.717, 1.165) is 0 Å². The van der Waals surface area contributed by atoms with Crippen molar-refractivity contribution in [1.82, 2.24) is 0 Å². The largest absolute Gasteiger partial charge is 0.618 e. The van der Waals surface area contributed by atoms with Gasteiger partial charge in [0.1, 0.15) is 0 Å². The quantitative estimate of drug-likeness (QED) is 0.686. The zero-order valence-corrected chi connectivity index (χ0v) is 13.8. The van der Waals surface area contributed by atoms with Gasteiger partial charge in [-0.05, 0) is 39.3 Å². The van der Waals surface area contributed by atoms with Gasteiger partial charge in [-0.15, -0.1) is 0 Å². The van der Waals surface area contributed by atoms with Crippen molar-refractivity contribution < 1.29 is 4.12 Å². The molecule has 0 saturated carbocycles. The molecule has 72 valence electrons. The smallest absolute Gasteiger partial charge is 0.456 e. The number of halogens is 2. The van der Waals surface area contributed by atoms with Gasteiger partial charge in [-0.25, -0.2) is 0 Å². The van der Waals surface area contributed by atoms with E-state index in [2.05, 4.69) is 39.3 Å². The maximum Gasteiger partial charge on any atom is 0.618 e. The van der Waals surface area contributed by atoms with Gasteiger partial charge in [-0.3, -0.25) is 0 Å². The normalized spacial score (nSPS) is 11.3. The highest BCUT2D eigenvalue weighted by molar-refractivity contribution is 7.22. The highest BCUT2D eigenvalue weighted by atomic mass is 35.6. The topological polar surface area (TPSA) is 9.23 Å². The highest BCUT2D eigenvalue weighted by Crippen LogP contribution is 2.12. The second-order valence-corrected chi connectivity index (χ2v) is 16.3. The Balaban J connectivity index is 0. The summed E-state index contributed by atoms with van der Waals surface area (Å²) in [5.74, 6) is 0. The Labute approximate surface area is 95.7 Å². The molecule has 0 heterocycles. The van der Waals surface area contributed by atoms with Crippen LogP contribution in [-0.2, 0) is 4.12 Å². The second kappa shape index (κ2) is 7.09. The third-order valence-electron chi connectivity index (χ3n) is 0.612. The van der Waals surface area contributed by atoms with Gasteiger partial charge in [0.15, 0.2) is 16.6 Å². The maximum absolute atomic E-state index is 5.90. The molecular weight excluding hydrogens is 239 g/mol. The first-order chi connectivity index (χ1) is 5.12. The van der Waals surface area contributed by atoms with Gasteiger partial charge in [-0.2, -0.15) is 0 Å². The van der Waals surface area contributed by atoms with Crippen LogP contribution in [0.1, 0.15) is 0 Å². The Morgan fingerprint density at radius 3 is 1.00 bits per heavy atom. The van der Waals surface area contributed by atoms with E-state index in [4.69, 9.17) is 22.3 Å². The summed E-state index contributed by atoms with van der Waals surface area (Å²) in [5, 5.41) is 0. The van der Waals surface area contributed by atoms with Crippen molar-refractivity contribution in [1.29, 1.82) is 0 Å². The molecule has 0 aliphatic rings. The molecule has 0 rings (SSSR count). The van der Waals surface area contributed by atoms with Crippen LogP contribution in [0.5, 0.6) is 0 Å². The lowest BCUT2D eigenvalue weighted by Crippen LogP contribution is -2.39. The Kier molecular flexibility index (Phi) is 9.56. The van der Waals surface area contributed by atoms with Crippen molar-refractivity contribution in [2.24, 2.45) is 0 Å². The van der Waals surface area contributed by atoms with E-state index >= 15 is 0 Å². The summed E-state index contributed by atoms with van der Waals surface area (Å²) in [6.07, 6.45) is 0. The van der Waals surface area contributed by atoms with Crippen LogP contribution in [-0.4, -0.2) is 34.8 Å². The highest BCUT2D eigenvalue weighted by Gasteiger charge is 2.24. The molecule has 12 heavy (non-hydrogen) atoms. The molecule has 0 fully saturated rings. The molecule has 0 N–H and O–H groups in total. The Morgan fingerprint density at radius 2 is 1.00 bits per heavy atom. The summed E-state index contributed by atoms with van der Waals surface area (Å²) in [7, 11) is 7.34. The lowest BCUT2D eigenvalue weighted by atomic mass is 11.8. The molecule has 1 nitrogen and oxygen atoms in total. The summed E-state index contributed by atoms with van der Waals surface area (Å²) >= 11 is -0.639. The molecule has 0 aromatic rings. The minimum atomic E-state index is -1.23. The SMILES string of the molecule is C[Si](C)(C)O[Si](C)(C)C.[Cl][Mg][Cl]. The molecule has 0 unspecified atom stereocenters. The zero-order chi connectivity index (χ0) is 10.4. The summed E-state index contributed by atoms with van der Waals surface area (Å²) in [6.45, 7) is 13.4. The van der Waals surface area contributed by atoms with E-state index in [0.29, 0.717) is 0 Å². The van der Waals surface area contributed by atoms with Gasteiger partial charge in [0.05, 0.1) is 0 Å². The fourth-order valence-electron chi connectivity index (χ4n) is 0.919. The lowest BCUT2D eigenvalue weighted by molar-refractivity contribution is 0.559. The molecule has 0 atom stereocenters. The number of hydrogen-bond acceptors (Lipinski definition) is 1. The van der Waals surface area contributed by atoms with Gasteiger partial charge in [0.2, 0.25) is 0 Å². The van der Waals surface area contributed by atoms with Crippen LogP contribution in [0, 0.1) is 0 Å². The predicted octanol–water partition coefficient (Wildman–Crippen LogP) is 3.67. The summed E-state index contributed by atoms with van der Waals surface area (Å²) < 4.78 is 5.90. The number of hydrogen-bond donors (Lipinski definition) is 0. The first kappa shape index (κ1) is 16.2. The Bertz CT molecular complexity index is 99.1. The van der Waals surface area contributed by atoms with Crippen molar-refractivity contribution in [3.8, 4) is 0 Å². The van der Waals surface area contributed by atoms with E-state index < -0.39 is 34.8 Å². The number of rotatable bonds is 2. The second-order valence-electron chi connectivity index (χ2n) is 4.43. The maximum atomic E-state index is 5.90. The first-order valence-corrected chi connectivity index (χ1v) is 15.0. The average molecular weight is 258 g/mol. The summed E-state index contributed by atoms with van der Waals surface area (Å²) in [5.41, 5.74) is 0. The van der Waals surface area contributed by atoms with Gasteiger partial charge < -0.3 is 22.3 Å². The minimum absolute atomic E-state index is 0.639. The van der Waals surface area contributed by atoms with Crippen molar-refractivity contribution in [3.63, 3.8) is 0 Å². The van der Waals surface area contributed by atoms with Crippen LogP contribution in [0.25, 0.3) is 0 Å². The monoisotopic (exact) mass is 256 g/mol. The Hall–Kier alpha value is 1.74. The molecule has 0 spiro atoms. The van der Waals surface area contributed by atoms with Crippen molar-refractivity contribution in [2.75, 3.05) is 0 Å². The molecule has 0 aliphatic carbocycles. The summed E-state index contributed by atoms with van der Waals surface area (Å²) in [6, 6.07) is 0. The van der Waals surface area contributed by atoms with Gasteiger partial charge in [0.25, 0.3) is 0 Å². The summed E-state index contributed by atoms with van der Waals surface area (Å²) in [4.78, 5) is 0. The first-order valence-electron chi connectivity index (χ1n) is 3.94. The molecule has 0 saturated heterocycles. The van der Waals surface area contributed by atoms with Crippen LogP contribution in [0.2, 0.25) is 39.3 Å². The fourth-order valence-corrected chi connectivity index (χ4v) is 8.27. The molecule has 0 aromatic heterocycles. The minimum Gasteiger partial charge on any atom is -0.456 e. The van der Waals surface area contributed by atoms with Gasteiger partial charge >= 0.3 is 18.2 Å². The van der Waals surface area contributed by atoms with E-state index in [1.807, 2.05) is 0 Å². The Morgan fingerprint density at radius 1 is 0.833 bits per heavy atom. The van der Waals surface area contributed by atoms with Crippen molar-refractivity contribution in [3.05, 3.63) is 0 Å². The molecule has 0 aliphatic heterocycles. The fraction of sp³-hybridized carbons (Fsp3) is 1.00. The molecule has 0 aromatic carbocycles. The lowest BCUT2D eigenvalue weighted by Gasteiger charge is -2.27. The molecule has 6 heteroatoms. The molecular formula is C6H18Cl2MgOSi2. The van der Waals surface area contributed by atoms with Crippen LogP contribution < -0.4 is 0 Å². The average Bonchev–Trinajstić information content (AvgIpc) is 1.53. The van der Waals surface area contributed by atoms with E-state index in [-0.39, 0.29) is 0 Å². The third kappa shape index (κ3) is 22.6. The standard InChI is InChI=1S/C6H18OSi2.2ClH.Mg/c1-8(2,3)7-9(4,5)6;;;/h1-6H3;2*1H;/q;;;+2/p-2. The van der Waals surface area contributed by atoms with Crippen molar-refractivity contribution in [2.45, 2.75) is 39.3 Å². The predicted molar refractivity (Wildman–Crippen MR) is 65.2 cm³/mol. The molecule has 0 radical (unpaired) electrons. The van der Waals surface area contributed by atoms with E-state index in [1.54, 1.807) is 0 Å². The van der Waals surface area contributed by atoms with Crippen LogP contribution in [0.4, 0.5) is 0 Å². The van der Waals surface area contributed by atoms with Gasteiger partial charge in [-0.1, -0.05) is 0 Å². The van der Waals surface area contributed by atoms with Crippen LogP contribution >= 0.6 is 18.1 Å². The zero-order valence-electron chi connectivity index (χ0n) is 8.87. The van der Waals surface area contributed by atoms with E-state index in [1.165, 1.54) is 0 Å². The molecule has 0 amide bonds. The van der Waals surface area contributed by atoms with Gasteiger partial charge in [0, 0.05) is 0 Å². The molecule has 0 bridgehead atoms. The van der Waals surface area contributed by atoms with Crippen LogP contribution in [0.3, 0.4) is 0 Å². The van der Waals surface area contributed by atoms with Crippen molar-refractivity contribution >= 4 is 52.9 Å². The van der Waals surface area contributed by atoms with E-state index in [9.17, 15) is 0 Å².